The van der Waals surface area contributed by atoms with E-state index < -0.39 is 0 Å². The van der Waals surface area contributed by atoms with Crippen molar-refractivity contribution in [2.24, 2.45) is 11.8 Å². The Morgan fingerprint density at radius 1 is 1.09 bits per heavy atom. The Bertz CT molecular complexity index is 497. The average Bonchev–Trinajstić information content (AvgIpc) is 2.62. The first-order chi connectivity index (χ1) is 11.3. The lowest BCUT2D eigenvalue weighted by Gasteiger charge is -2.37. The number of likely N-dealkylation sites (tertiary alicyclic amines) is 2. The number of aliphatic hydroxyl groups excluding tert-OH is 1. The highest BCUT2D eigenvalue weighted by Crippen LogP contribution is 2.24. The van der Waals surface area contributed by atoms with Crippen molar-refractivity contribution in [2.75, 3.05) is 32.8 Å². The molecule has 0 aromatic heterocycles. The third-order valence-corrected chi connectivity index (χ3v) is 5.29. The molecule has 23 heavy (non-hydrogen) atoms. The fourth-order valence-electron chi connectivity index (χ4n) is 3.84. The van der Waals surface area contributed by atoms with Crippen LogP contribution in [-0.2, 0) is 11.3 Å². The van der Waals surface area contributed by atoms with Gasteiger partial charge in [-0.15, -0.1) is 0 Å². The SMILES string of the molecule is O=C(C1CCCN(Cc2ccccc2)C1)N1CCC(CO)CC1. The van der Waals surface area contributed by atoms with Crippen LogP contribution >= 0.6 is 0 Å². The van der Waals surface area contributed by atoms with Crippen LogP contribution in [0, 0.1) is 11.8 Å². The molecule has 1 unspecified atom stereocenters. The number of rotatable bonds is 4. The molecule has 2 aliphatic rings. The summed E-state index contributed by atoms with van der Waals surface area (Å²) in [4.78, 5) is 17.2. The topological polar surface area (TPSA) is 43.8 Å². The monoisotopic (exact) mass is 316 g/mol. The van der Waals surface area contributed by atoms with E-state index in [2.05, 4.69) is 29.2 Å². The number of amides is 1. The Labute approximate surface area is 139 Å². The van der Waals surface area contributed by atoms with Crippen LogP contribution < -0.4 is 0 Å². The lowest BCUT2D eigenvalue weighted by molar-refractivity contribution is -0.139. The quantitative estimate of drug-likeness (QED) is 0.925. The summed E-state index contributed by atoms with van der Waals surface area (Å²) in [7, 11) is 0. The second-order valence-corrected chi connectivity index (χ2v) is 7.01. The zero-order valence-corrected chi connectivity index (χ0v) is 13.9. The minimum atomic E-state index is 0.151. The molecule has 2 fully saturated rings. The first kappa shape index (κ1) is 16.5. The van der Waals surface area contributed by atoms with Crippen molar-refractivity contribution in [1.29, 1.82) is 0 Å². The van der Waals surface area contributed by atoms with Crippen LogP contribution in [0.2, 0.25) is 0 Å². The number of nitrogens with zero attached hydrogens (tertiary/aromatic N) is 2. The molecule has 4 heteroatoms. The largest absolute Gasteiger partial charge is 0.396 e. The van der Waals surface area contributed by atoms with Gasteiger partial charge in [-0.25, -0.2) is 0 Å². The van der Waals surface area contributed by atoms with Crippen LogP contribution in [0.1, 0.15) is 31.2 Å². The second-order valence-electron chi connectivity index (χ2n) is 7.01. The van der Waals surface area contributed by atoms with E-state index in [4.69, 9.17) is 0 Å². The zero-order valence-electron chi connectivity index (χ0n) is 13.9. The third kappa shape index (κ3) is 4.33. The molecule has 0 radical (unpaired) electrons. The normalized spacial score (nSPS) is 23.9. The van der Waals surface area contributed by atoms with Crippen LogP contribution in [0.3, 0.4) is 0 Å². The standard InChI is InChI=1S/C19H28N2O2/c22-15-17-8-11-21(12-9-17)19(23)18-7-4-10-20(14-18)13-16-5-2-1-3-6-16/h1-3,5-6,17-18,22H,4,7-15H2. The summed E-state index contributed by atoms with van der Waals surface area (Å²) in [5, 5.41) is 9.23. The smallest absolute Gasteiger partial charge is 0.226 e. The number of carbonyl (C=O) groups is 1. The number of hydrogen-bond acceptors (Lipinski definition) is 3. The van der Waals surface area contributed by atoms with Gasteiger partial charge in [-0.1, -0.05) is 30.3 Å². The maximum Gasteiger partial charge on any atom is 0.226 e. The molecule has 4 nitrogen and oxygen atoms in total. The fraction of sp³-hybridized carbons (Fsp3) is 0.632. The van der Waals surface area contributed by atoms with E-state index in [0.29, 0.717) is 11.8 Å². The molecule has 0 spiro atoms. The second kappa shape index (κ2) is 7.93. The lowest BCUT2D eigenvalue weighted by atomic mass is 9.93. The summed E-state index contributed by atoms with van der Waals surface area (Å²) in [6, 6.07) is 10.5. The zero-order chi connectivity index (χ0) is 16.1. The highest BCUT2D eigenvalue weighted by atomic mass is 16.3. The number of piperidine rings is 2. The Kier molecular flexibility index (Phi) is 5.68. The molecule has 1 atom stereocenters. The van der Waals surface area contributed by atoms with Crippen molar-refractivity contribution < 1.29 is 9.90 Å². The van der Waals surface area contributed by atoms with Gasteiger partial charge in [-0.2, -0.15) is 0 Å². The van der Waals surface area contributed by atoms with Crippen LogP contribution in [0.15, 0.2) is 30.3 Å². The van der Waals surface area contributed by atoms with Crippen LogP contribution in [0.25, 0.3) is 0 Å². The van der Waals surface area contributed by atoms with E-state index in [-0.39, 0.29) is 12.5 Å². The van der Waals surface area contributed by atoms with Crippen molar-refractivity contribution in [3.05, 3.63) is 35.9 Å². The summed E-state index contributed by atoms with van der Waals surface area (Å²) >= 11 is 0. The Hall–Kier alpha value is -1.39. The molecular weight excluding hydrogens is 288 g/mol. The van der Waals surface area contributed by atoms with Gasteiger partial charge >= 0.3 is 0 Å². The minimum Gasteiger partial charge on any atom is -0.396 e. The first-order valence-electron chi connectivity index (χ1n) is 8.92. The molecule has 0 aliphatic carbocycles. The van der Waals surface area contributed by atoms with Gasteiger partial charge in [-0.3, -0.25) is 9.69 Å². The maximum atomic E-state index is 12.8. The fourth-order valence-corrected chi connectivity index (χ4v) is 3.84. The molecule has 2 heterocycles. The van der Waals surface area contributed by atoms with E-state index in [9.17, 15) is 9.90 Å². The van der Waals surface area contributed by atoms with Crippen LogP contribution in [-0.4, -0.2) is 53.6 Å². The van der Waals surface area contributed by atoms with Gasteiger partial charge in [0.25, 0.3) is 0 Å². The van der Waals surface area contributed by atoms with Gasteiger partial charge in [0.05, 0.1) is 5.92 Å². The van der Waals surface area contributed by atoms with Gasteiger partial charge in [0.15, 0.2) is 0 Å². The molecule has 1 amide bonds. The van der Waals surface area contributed by atoms with E-state index in [0.717, 1.165) is 58.4 Å². The molecular formula is C19H28N2O2. The Balaban J connectivity index is 1.53. The third-order valence-electron chi connectivity index (χ3n) is 5.29. The van der Waals surface area contributed by atoms with Crippen molar-refractivity contribution in [3.63, 3.8) is 0 Å². The van der Waals surface area contributed by atoms with Crippen molar-refractivity contribution in [2.45, 2.75) is 32.2 Å². The molecule has 2 aliphatic heterocycles. The highest BCUT2D eigenvalue weighted by Gasteiger charge is 2.31. The van der Waals surface area contributed by atoms with Crippen LogP contribution in [0.4, 0.5) is 0 Å². The predicted molar refractivity (Wildman–Crippen MR) is 90.8 cm³/mol. The van der Waals surface area contributed by atoms with Crippen molar-refractivity contribution >= 4 is 5.91 Å². The van der Waals surface area contributed by atoms with E-state index >= 15 is 0 Å². The van der Waals surface area contributed by atoms with Gasteiger partial charge in [-0.05, 0) is 43.7 Å². The van der Waals surface area contributed by atoms with E-state index in [1.807, 2.05) is 11.0 Å². The summed E-state index contributed by atoms with van der Waals surface area (Å²) in [5.74, 6) is 0.872. The molecule has 1 aromatic rings. The molecule has 2 saturated heterocycles. The van der Waals surface area contributed by atoms with E-state index in [1.165, 1.54) is 5.56 Å². The first-order valence-corrected chi connectivity index (χ1v) is 8.92. The van der Waals surface area contributed by atoms with Crippen molar-refractivity contribution in [1.82, 2.24) is 9.80 Å². The summed E-state index contributed by atoms with van der Waals surface area (Å²) in [6.07, 6.45) is 4.02. The number of benzene rings is 1. The molecule has 3 rings (SSSR count). The minimum absolute atomic E-state index is 0.151. The molecule has 0 bridgehead atoms. The number of aliphatic hydroxyl groups is 1. The number of hydrogen-bond donors (Lipinski definition) is 1. The highest BCUT2D eigenvalue weighted by molar-refractivity contribution is 5.79. The molecule has 0 saturated carbocycles. The van der Waals surface area contributed by atoms with E-state index in [1.54, 1.807) is 0 Å². The summed E-state index contributed by atoms with van der Waals surface area (Å²) in [5.41, 5.74) is 1.32. The summed E-state index contributed by atoms with van der Waals surface area (Å²) < 4.78 is 0. The molecule has 1 aromatic carbocycles. The van der Waals surface area contributed by atoms with Gasteiger partial charge in [0, 0.05) is 32.8 Å². The predicted octanol–water partition coefficient (Wildman–Crippen LogP) is 2.13. The average molecular weight is 316 g/mol. The van der Waals surface area contributed by atoms with Gasteiger partial charge in [0.2, 0.25) is 5.91 Å². The molecule has 126 valence electrons. The lowest BCUT2D eigenvalue weighted by Crippen LogP contribution is -2.47. The Morgan fingerprint density at radius 2 is 1.83 bits per heavy atom. The summed E-state index contributed by atoms with van der Waals surface area (Å²) in [6.45, 7) is 4.81. The van der Waals surface area contributed by atoms with Gasteiger partial charge < -0.3 is 10.0 Å². The van der Waals surface area contributed by atoms with Crippen molar-refractivity contribution in [3.8, 4) is 0 Å². The molecule has 1 N–H and O–H groups in total. The number of carbonyl (C=O) groups excluding carboxylic acids is 1. The Morgan fingerprint density at radius 3 is 2.52 bits per heavy atom. The van der Waals surface area contributed by atoms with Gasteiger partial charge in [0.1, 0.15) is 0 Å². The van der Waals surface area contributed by atoms with Crippen LogP contribution in [0.5, 0.6) is 0 Å². The maximum absolute atomic E-state index is 12.8.